The van der Waals surface area contributed by atoms with E-state index in [4.69, 9.17) is 14.7 Å². The largest absolute Gasteiger partial charge is 0.469 e. The average Bonchev–Trinajstić information content (AvgIpc) is 3.23. The summed E-state index contributed by atoms with van der Waals surface area (Å²) in [5.74, 6) is 0.160. The highest BCUT2D eigenvalue weighted by atomic mass is 16.5. The second-order valence-corrected chi connectivity index (χ2v) is 8.45. The SMILES string of the molecule is CCCC(C(=O)OC)c1c(C)nc(N2CC[C@H](N(C)C)C2)nc1-c1ccc(C)cc1. The Hall–Kier alpha value is -2.47. The summed E-state index contributed by atoms with van der Waals surface area (Å²) in [6.07, 6.45) is 2.68. The van der Waals surface area contributed by atoms with Gasteiger partial charge in [0.2, 0.25) is 5.95 Å². The normalized spacial score (nSPS) is 17.4. The van der Waals surface area contributed by atoms with Crippen LogP contribution < -0.4 is 4.90 Å². The lowest BCUT2D eigenvalue weighted by atomic mass is 9.89. The van der Waals surface area contributed by atoms with Crippen LogP contribution >= 0.6 is 0 Å². The second kappa shape index (κ2) is 9.56. The number of ether oxygens (including phenoxy) is 1. The number of hydrogen-bond acceptors (Lipinski definition) is 6. The van der Waals surface area contributed by atoms with Crippen LogP contribution in [0.5, 0.6) is 0 Å². The minimum atomic E-state index is -0.363. The molecule has 1 aliphatic rings. The van der Waals surface area contributed by atoms with Gasteiger partial charge in [0, 0.05) is 36.0 Å². The van der Waals surface area contributed by atoms with E-state index in [2.05, 4.69) is 62.0 Å². The molecule has 1 aliphatic heterocycles. The van der Waals surface area contributed by atoms with Crippen LogP contribution in [0.25, 0.3) is 11.3 Å². The monoisotopic (exact) mass is 410 g/mol. The van der Waals surface area contributed by atoms with Gasteiger partial charge in [-0.25, -0.2) is 9.97 Å². The summed E-state index contributed by atoms with van der Waals surface area (Å²) in [5.41, 5.74) is 4.79. The maximum absolute atomic E-state index is 12.7. The van der Waals surface area contributed by atoms with E-state index in [-0.39, 0.29) is 11.9 Å². The molecule has 0 amide bonds. The Labute approximate surface area is 180 Å². The number of aromatic nitrogens is 2. The maximum atomic E-state index is 12.7. The molecule has 0 N–H and O–H groups in total. The van der Waals surface area contributed by atoms with E-state index in [1.807, 2.05) is 6.92 Å². The third-order valence-corrected chi connectivity index (χ3v) is 6.04. The van der Waals surface area contributed by atoms with Gasteiger partial charge in [-0.05, 0) is 40.8 Å². The van der Waals surface area contributed by atoms with Crippen LogP contribution in [0.1, 0.15) is 48.9 Å². The van der Waals surface area contributed by atoms with Crippen molar-refractivity contribution in [3.8, 4) is 11.3 Å². The molecule has 6 heteroatoms. The number of likely N-dealkylation sites (N-methyl/N-ethyl adjacent to an activating group) is 1. The van der Waals surface area contributed by atoms with Gasteiger partial charge < -0.3 is 14.5 Å². The van der Waals surface area contributed by atoms with Gasteiger partial charge in [0.05, 0.1) is 18.7 Å². The molecule has 30 heavy (non-hydrogen) atoms. The van der Waals surface area contributed by atoms with Crippen molar-refractivity contribution in [2.75, 3.05) is 39.2 Å². The highest BCUT2D eigenvalue weighted by Crippen LogP contribution is 2.35. The zero-order chi connectivity index (χ0) is 21.8. The lowest BCUT2D eigenvalue weighted by Gasteiger charge is -2.24. The summed E-state index contributed by atoms with van der Waals surface area (Å²) >= 11 is 0. The number of carbonyl (C=O) groups excluding carboxylic acids is 1. The number of hydrogen-bond donors (Lipinski definition) is 0. The summed E-state index contributed by atoms with van der Waals surface area (Å²) in [4.78, 5) is 27.1. The molecule has 0 saturated carbocycles. The molecule has 1 fully saturated rings. The van der Waals surface area contributed by atoms with Crippen LogP contribution in [-0.4, -0.2) is 61.2 Å². The van der Waals surface area contributed by atoms with Crippen molar-refractivity contribution in [3.05, 3.63) is 41.1 Å². The van der Waals surface area contributed by atoms with Crippen molar-refractivity contribution < 1.29 is 9.53 Å². The fraction of sp³-hybridized carbons (Fsp3) is 0.542. The number of aryl methyl sites for hydroxylation is 2. The van der Waals surface area contributed by atoms with E-state index in [0.29, 0.717) is 12.5 Å². The first-order valence-electron chi connectivity index (χ1n) is 10.8. The van der Waals surface area contributed by atoms with Crippen molar-refractivity contribution >= 4 is 11.9 Å². The van der Waals surface area contributed by atoms with Gasteiger partial charge in [0.1, 0.15) is 0 Å². The number of benzene rings is 1. The van der Waals surface area contributed by atoms with Crippen LogP contribution in [0.3, 0.4) is 0 Å². The lowest BCUT2D eigenvalue weighted by molar-refractivity contribution is -0.142. The standard InChI is InChI=1S/C24H34N4O2/c1-7-8-20(23(29)30-6)21-17(3)25-24(28-14-13-19(15-28)27(4)5)26-22(21)18-11-9-16(2)10-12-18/h9-12,19-20H,7-8,13-15H2,1-6H3/t19-,20?/m0/s1. The van der Waals surface area contributed by atoms with Gasteiger partial charge in [0.25, 0.3) is 0 Å². The van der Waals surface area contributed by atoms with Gasteiger partial charge in [-0.3, -0.25) is 4.79 Å². The Morgan fingerprint density at radius 3 is 2.50 bits per heavy atom. The fourth-order valence-corrected chi connectivity index (χ4v) is 4.21. The Morgan fingerprint density at radius 2 is 1.93 bits per heavy atom. The van der Waals surface area contributed by atoms with Crippen LogP contribution in [0.4, 0.5) is 5.95 Å². The number of rotatable bonds is 7. The highest BCUT2D eigenvalue weighted by molar-refractivity contribution is 5.82. The molecule has 0 spiro atoms. The van der Waals surface area contributed by atoms with E-state index in [1.54, 1.807) is 0 Å². The first-order valence-corrected chi connectivity index (χ1v) is 10.8. The van der Waals surface area contributed by atoms with Crippen molar-refractivity contribution in [2.24, 2.45) is 0 Å². The maximum Gasteiger partial charge on any atom is 0.313 e. The Morgan fingerprint density at radius 1 is 1.23 bits per heavy atom. The molecule has 2 heterocycles. The van der Waals surface area contributed by atoms with Gasteiger partial charge >= 0.3 is 5.97 Å². The van der Waals surface area contributed by atoms with Crippen molar-refractivity contribution in [1.29, 1.82) is 0 Å². The predicted octanol–water partition coefficient (Wildman–Crippen LogP) is 3.96. The lowest BCUT2D eigenvalue weighted by Crippen LogP contribution is -2.32. The number of esters is 1. The molecule has 2 atom stereocenters. The van der Waals surface area contributed by atoms with Crippen LogP contribution in [0, 0.1) is 13.8 Å². The first kappa shape index (κ1) is 22.2. The predicted molar refractivity (Wildman–Crippen MR) is 121 cm³/mol. The molecule has 3 rings (SSSR count). The quantitative estimate of drug-likeness (QED) is 0.644. The van der Waals surface area contributed by atoms with E-state index in [0.717, 1.165) is 54.4 Å². The average molecular weight is 411 g/mol. The molecule has 1 saturated heterocycles. The van der Waals surface area contributed by atoms with Crippen LogP contribution in [-0.2, 0) is 9.53 Å². The summed E-state index contributed by atoms with van der Waals surface area (Å²) < 4.78 is 5.14. The van der Waals surface area contributed by atoms with E-state index in [1.165, 1.54) is 12.7 Å². The molecular weight excluding hydrogens is 376 g/mol. The number of nitrogens with zero attached hydrogens (tertiary/aromatic N) is 4. The summed E-state index contributed by atoms with van der Waals surface area (Å²) in [6.45, 7) is 7.99. The second-order valence-electron chi connectivity index (χ2n) is 8.45. The van der Waals surface area contributed by atoms with E-state index >= 15 is 0 Å². The van der Waals surface area contributed by atoms with Crippen molar-refractivity contribution in [1.82, 2.24) is 14.9 Å². The number of carbonyl (C=O) groups is 1. The smallest absolute Gasteiger partial charge is 0.313 e. The minimum absolute atomic E-state index is 0.224. The van der Waals surface area contributed by atoms with Crippen LogP contribution in [0.15, 0.2) is 24.3 Å². The molecular formula is C24H34N4O2. The Balaban J connectivity index is 2.12. The number of methoxy groups -OCH3 is 1. The fourth-order valence-electron chi connectivity index (χ4n) is 4.21. The van der Waals surface area contributed by atoms with Gasteiger partial charge in [-0.15, -0.1) is 0 Å². The zero-order valence-electron chi connectivity index (χ0n) is 19.1. The van der Waals surface area contributed by atoms with E-state index < -0.39 is 0 Å². The van der Waals surface area contributed by atoms with Gasteiger partial charge in [-0.2, -0.15) is 0 Å². The first-order chi connectivity index (χ1) is 14.3. The third-order valence-electron chi connectivity index (χ3n) is 6.04. The van der Waals surface area contributed by atoms with Gasteiger partial charge in [-0.1, -0.05) is 43.2 Å². The molecule has 2 aromatic rings. The van der Waals surface area contributed by atoms with E-state index in [9.17, 15) is 4.79 Å². The van der Waals surface area contributed by atoms with Crippen LogP contribution in [0.2, 0.25) is 0 Å². The zero-order valence-corrected chi connectivity index (χ0v) is 19.1. The third kappa shape index (κ3) is 4.64. The molecule has 0 aliphatic carbocycles. The summed E-state index contributed by atoms with van der Waals surface area (Å²) in [5, 5.41) is 0. The van der Waals surface area contributed by atoms with Crippen molar-refractivity contribution in [3.63, 3.8) is 0 Å². The molecule has 0 radical (unpaired) electrons. The molecule has 1 aromatic carbocycles. The molecule has 6 nitrogen and oxygen atoms in total. The highest BCUT2D eigenvalue weighted by Gasteiger charge is 2.31. The minimum Gasteiger partial charge on any atom is -0.469 e. The molecule has 1 aromatic heterocycles. The topological polar surface area (TPSA) is 58.6 Å². The summed E-state index contributed by atoms with van der Waals surface area (Å²) in [7, 11) is 5.69. The van der Waals surface area contributed by atoms with Gasteiger partial charge in [0.15, 0.2) is 0 Å². The van der Waals surface area contributed by atoms with Crippen molar-refractivity contribution in [2.45, 2.75) is 52.0 Å². The molecule has 1 unspecified atom stereocenters. The Kier molecular flexibility index (Phi) is 7.08. The number of anilines is 1. The molecule has 162 valence electrons. The molecule has 0 bridgehead atoms. The Bertz CT molecular complexity index is 880. The summed E-state index contributed by atoms with van der Waals surface area (Å²) in [6, 6.07) is 8.83.